The Morgan fingerprint density at radius 3 is 1.09 bits per heavy atom. The summed E-state index contributed by atoms with van der Waals surface area (Å²) in [5.41, 5.74) is 0.740. The van der Waals surface area contributed by atoms with Gasteiger partial charge in [0.1, 0.15) is 22.3 Å². The highest BCUT2D eigenvalue weighted by molar-refractivity contribution is 6.27. The summed E-state index contributed by atoms with van der Waals surface area (Å²) >= 11 is 0. The second kappa shape index (κ2) is 25.9. The van der Waals surface area contributed by atoms with E-state index in [1.165, 1.54) is 54.6 Å². The third-order valence-corrected chi connectivity index (χ3v) is 19.1. The van der Waals surface area contributed by atoms with Crippen LogP contribution in [-0.2, 0) is 0 Å². The Morgan fingerprint density at radius 1 is 0.167 bits per heavy atom. The van der Waals surface area contributed by atoms with E-state index in [9.17, 15) is 15.1 Å². The fourth-order valence-corrected chi connectivity index (χ4v) is 14.6. The summed E-state index contributed by atoms with van der Waals surface area (Å²) in [6, 6.07) is 10.6. The molecule has 2 heteroatoms. The fourth-order valence-electron chi connectivity index (χ4n) is 14.6. The van der Waals surface area contributed by atoms with Crippen LogP contribution in [0.3, 0.4) is 0 Å². The van der Waals surface area contributed by atoms with Gasteiger partial charge in [-0.2, -0.15) is 0 Å². The molecule has 0 atom stereocenters. The summed E-state index contributed by atoms with van der Waals surface area (Å²) in [4.78, 5) is 0. The maximum absolute atomic E-state index is 9.54. The molecule has 0 N–H and O–H groups in total. The van der Waals surface area contributed by atoms with Gasteiger partial charge in [-0.15, -0.1) is 0 Å². The van der Waals surface area contributed by atoms with Crippen LogP contribution in [-0.4, -0.2) is 0 Å². The number of fused-ring (bicyclic) bond motifs is 16. The van der Waals surface area contributed by atoms with E-state index >= 15 is 0 Å². The second-order valence-electron chi connectivity index (χ2n) is 25.0. The largest absolute Gasteiger partial charge is 0.456 e. The van der Waals surface area contributed by atoms with Crippen molar-refractivity contribution in [1.29, 1.82) is 0 Å². The van der Waals surface area contributed by atoms with Crippen molar-refractivity contribution in [2.75, 3.05) is 0 Å². The Kier molecular flexibility index (Phi) is 7.78. The molecule has 2 nitrogen and oxygen atoms in total. The fraction of sp³-hybridized carbons (Fsp3) is 0. The maximum atomic E-state index is 9.54. The van der Waals surface area contributed by atoms with Gasteiger partial charge in [-0.1, -0.05) is 351 Å². The molecule has 23 aromatic rings. The monoisotopic (exact) mass is 1410 g/mol. The average molecular weight is 1420 g/mol. The van der Waals surface area contributed by atoms with Gasteiger partial charge in [-0.05, 0) is 223 Å². The van der Waals surface area contributed by atoms with Crippen molar-refractivity contribution in [2.45, 2.75) is 0 Å². The lowest BCUT2D eigenvalue weighted by atomic mass is 9.84. The van der Waals surface area contributed by atoms with Gasteiger partial charge < -0.3 is 8.83 Å². The second-order valence-corrected chi connectivity index (χ2v) is 25.0. The minimum absolute atomic E-state index is 0.377. The SMILES string of the molecule is [2H]c1c([2H])c([2H])c2c([2H])c(-c3c4c([2H])c([2H])c([2H])c([2H])c4c(-c4c([2H])c([2H])c([2H])c5c([2H])c([2H])c([2H])c([2H])c45)c4c([2H])c([2H])c([2H])c([2H])c34)c([2H])c([2H])c2c1[2H].[2H]c1c([2H])c([2H])c2c(oc3c([2H])c([2H])c(-c4c5c([2H])c([2H])c([2H])c([2H])c5c(-c5c([2H])c([2H])c([2H])c6c([2H])c([2H])c([2H])c([2H])c56)c5c([2H])c([2H])c([2H])c([2H])c45)c([2H])c32)c1[2H].c1ccc2cc(-c3c4ccccc4c(-c4ccc5oc6ccccc6c5c4)c4ccccc34)ccc2c1. The van der Waals surface area contributed by atoms with Crippen LogP contribution in [0.2, 0.25) is 0 Å². The smallest absolute Gasteiger partial charge is 0.135 e. The quantitative estimate of drug-likeness (QED) is 0.155. The lowest BCUT2D eigenvalue weighted by molar-refractivity contribution is 0.668. The molecule has 0 unspecified atom stereocenters. The van der Waals surface area contributed by atoms with E-state index in [2.05, 4.69) is 121 Å². The summed E-state index contributed by atoms with van der Waals surface area (Å²) in [7, 11) is 0. The molecule has 502 valence electrons. The lowest BCUT2D eigenvalue weighted by Crippen LogP contribution is -1.91. The Labute approximate surface area is 685 Å². The van der Waals surface area contributed by atoms with Gasteiger partial charge in [0, 0.05) is 21.5 Å². The van der Waals surface area contributed by atoms with Gasteiger partial charge in [0.05, 0.1) is 60.3 Å². The van der Waals surface area contributed by atoms with Crippen LogP contribution in [0.4, 0.5) is 0 Å². The molecule has 0 spiro atoms. The first-order valence-corrected chi connectivity index (χ1v) is 33.6. The van der Waals surface area contributed by atoms with Gasteiger partial charge in [0.2, 0.25) is 0 Å². The van der Waals surface area contributed by atoms with Crippen molar-refractivity contribution in [2.24, 2.45) is 0 Å². The number of hydrogen-bond donors (Lipinski definition) is 0. The molecule has 108 heavy (non-hydrogen) atoms. The molecular weight excluding hydrogens is 1310 g/mol. The highest BCUT2D eigenvalue weighted by Crippen LogP contribution is 2.50. The Bertz CT molecular complexity index is 10200. The van der Waals surface area contributed by atoms with Crippen LogP contribution in [0.25, 0.3) is 218 Å². The van der Waals surface area contributed by atoms with Crippen LogP contribution >= 0.6 is 0 Å². The van der Waals surface area contributed by atoms with Crippen LogP contribution in [0.15, 0.2) is 408 Å². The van der Waals surface area contributed by atoms with Crippen molar-refractivity contribution in [3.05, 3.63) is 399 Å². The standard InChI is InChI=1S/2C36H22O.C34H22/c1-2-12-25-23(10-1)11-9-18-27(25)36-30-16-5-3-14-28(30)35(29-15-4-6-17-31(29)36)24-20-21-34-32(22-24)26-13-7-8-19-33(26)37-34;1-2-10-24-21-25(18-17-23(24)9-1)35-28-12-3-5-14-30(28)36(31-15-6-4-13-29(31)35)26-19-20-34-32(22-26)27-11-7-8-16-33(27)37-34;1-2-12-25-22-26(21-20-23(25)10-1)33-29-15-5-7-17-31(29)34(32-18-8-6-16-30(32)33)28-19-9-13-24-11-3-4-14-27(24)28/h2*1-22H;1-22H/i1D,2D,3D,4D,5D,6D,7D,8D,9D,10D,11D,12D,13D,14D,15D,16D,17D,18D,19D,20D,21D,22D;;1D,2D,3D,4D,5D,6D,7D,8D,9D,10D,11D,12D,13D,14D,15D,16D,17D,18D,19D,20D,21D,22D. The lowest BCUT2D eigenvalue weighted by Gasteiger charge is -2.19. The summed E-state index contributed by atoms with van der Waals surface area (Å²) in [5, 5.41) is 0.628. The van der Waals surface area contributed by atoms with Gasteiger partial charge in [0.15, 0.2) is 0 Å². The van der Waals surface area contributed by atoms with E-state index in [-0.39, 0.29) is 5.39 Å². The Balaban J connectivity index is 0.000000136. The first-order chi connectivity index (χ1) is 71.9. The van der Waals surface area contributed by atoms with Crippen LogP contribution in [0.1, 0.15) is 60.3 Å². The predicted octanol–water partition coefficient (Wildman–Crippen LogP) is 30.4. The van der Waals surface area contributed by atoms with Crippen molar-refractivity contribution < 1.29 is 69.1 Å². The number of rotatable bonds is 6. The minimum atomic E-state index is -0.915. The molecule has 0 saturated heterocycles. The number of para-hydroxylation sites is 2. The molecule has 0 aliphatic heterocycles. The third-order valence-electron chi connectivity index (χ3n) is 19.1. The zero-order valence-corrected chi connectivity index (χ0v) is 55.5. The Morgan fingerprint density at radius 2 is 0.537 bits per heavy atom. The molecule has 0 amide bonds. The molecule has 0 bridgehead atoms. The molecule has 2 heterocycles. The van der Waals surface area contributed by atoms with Crippen LogP contribution in [0, 0.1) is 0 Å². The first kappa shape index (κ1) is 32.5. The van der Waals surface area contributed by atoms with Gasteiger partial charge in [-0.25, -0.2) is 0 Å². The van der Waals surface area contributed by atoms with Crippen LogP contribution < -0.4 is 0 Å². The van der Waals surface area contributed by atoms with Gasteiger partial charge in [-0.3, -0.25) is 0 Å². The van der Waals surface area contributed by atoms with Crippen LogP contribution in [0.5, 0.6) is 0 Å². The predicted molar refractivity (Wildman–Crippen MR) is 462 cm³/mol. The van der Waals surface area contributed by atoms with E-state index in [4.69, 9.17) is 54.1 Å². The van der Waals surface area contributed by atoms with E-state index in [1.54, 1.807) is 0 Å². The first-order valence-electron chi connectivity index (χ1n) is 55.6. The molecule has 0 aliphatic carbocycles. The normalized spacial score (nSPS) is 17.4. The molecule has 2 aromatic heterocycles. The van der Waals surface area contributed by atoms with Crippen molar-refractivity contribution >= 4 is 152 Å². The van der Waals surface area contributed by atoms with Crippen molar-refractivity contribution in [3.8, 4) is 66.8 Å². The maximum Gasteiger partial charge on any atom is 0.135 e. The molecule has 0 radical (unpaired) electrons. The Hall–Kier alpha value is -14.2. The average Bonchev–Trinajstić information content (AvgIpc) is 0.969. The number of hydrogen-bond acceptors (Lipinski definition) is 2. The zero-order valence-electron chi connectivity index (χ0n) is 99.5. The van der Waals surface area contributed by atoms with E-state index in [1.807, 2.05) is 12.1 Å². The molecule has 21 aromatic carbocycles. The highest BCUT2D eigenvalue weighted by atomic mass is 16.3. The third kappa shape index (κ3) is 10.4. The summed E-state index contributed by atoms with van der Waals surface area (Å²) in [6.07, 6.45) is 0. The number of furan rings is 2. The zero-order chi connectivity index (χ0) is 109. The molecule has 0 aliphatic rings. The topological polar surface area (TPSA) is 26.3 Å². The van der Waals surface area contributed by atoms with E-state index < -0.39 is 402 Å². The highest BCUT2D eigenvalue weighted by Gasteiger charge is 2.23. The van der Waals surface area contributed by atoms with Crippen molar-refractivity contribution in [1.82, 2.24) is 0 Å². The summed E-state index contributed by atoms with van der Waals surface area (Å²) in [5.74, 6) is 0. The van der Waals surface area contributed by atoms with Gasteiger partial charge >= 0.3 is 0 Å². The van der Waals surface area contributed by atoms with Gasteiger partial charge in [0.25, 0.3) is 0 Å². The molecule has 23 rings (SSSR count). The summed E-state index contributed by atoms with van der Waals surface area (Å²) < 4.78 is 399. The molecule has 0 saturated carbocycles. The molecule has 0 fully saturated rings. The van der Waals surface area contributed by atoms with E-state index in [0.29, 0.717) is 0 Å². The summed E-state index contributed by atoms with van der Waals surface area (Å²) in [6.45, 7) is 0. The number of benzene rings is 21. The van der Waals surface area contributed by atoms with E-state index in [0.717, 1.165) is 21.9 Å². The minimum Gasteiger partial charge on any atom is -0.456 e. The van der Waals surface area contributed by atoms with Crippen molar-refractivity contribution in [3.63, 3.8) is 0 Å². The molecular formula is C106H66O2.